The van der Waals surface area contributed by atoms with Gasteiger partial charge in [0.05, 0.1) is 56.8 Å². The van der Waals surface area contributed by atoms with Gasteiger partial charge in [-0.1, -0.05) is 11.3 Å². The number of pyridine rings is 1. The second-order valence-corrected chi connectivity index (χ2v) is 8.50. The Hall–Kier alpha value is -2.36. The predicted octanol–water partition coefficient (Wildman–Crippen LogP) is 1.75. The highest BCUT2D eigenvalue weighted by molar-refractivity contribution is 5.78. The summed E-state index contributed by atoms with van der Waals surface area (Å²) in [6.45, 7) is 8.02. The van der Waals surface area contributed by atoms with Gasteiger partial charge in [-0.25, -0.2) is 4.68 Å². The van der Waals surface area contributed by atoms with Crippen LogP contribution in [-0.2, 0) is 45.2 Å². The molecule has 2 aromatic heterocycles. The topological polar surface area (TPSA) is 91.6 Å². The molecule has 1 amide bonds. The number of piperidine rings is 1. The van der Waals surface area contributed by atoms with E-state index in [1.807, 2.05) is 35.6 Å². The molecule has 2 aromatic rings. The summed E-state index contributed by atoms with van der Waals surface area (Å²) in [5.41, 5.74) is 2.46. The van der Waals surface area contributed by atoms with Crippen LogP contribution >= 0.6 is 0 Å². The van der Waals surface area contributed by atoms with E-state index in [9.17, 15) is 4.79 Å². The van der Waals surface area contributed by atoms with Crippen molar-refractivity contribution in [1.29, 1.82) is 0 Å². The smallest absolute Gasteiger partial charge is 0.227 e. The van der Waals surface area contributed by atoms with Crippen LogP contribution in [-0.4, -0.2) is 68.8 Å². The van der Waals surface area contributed by atoms with Crippen LogP contribution in [0.1, 0.15) is 43.6 Å². The molecule has 0 aromatic carbocycles. The van der Waals surface area contributed by atoms with Gasteiger partial charge in [0.25, 0.3) is 0 Å². The van der Waals surface area contributed by atoms with Crippen molar-refractivity contribution in [1.82, 2.24) is 24.9 Å². The van der Waals surface area contributed by atoms with Crippen molar-refractivity contribution < 1.29 is 19.0 Å². The molecule has 1 saturated heterocycles. The maximum Gasteiger partial charge on any atom is 0.227 e. The van der Waals surface area contributed by atoms with E-state index in [4.69, 9.17) is 14.2 Å². The first-order chi connectivity index (χ1) is 15.0. The Labute approximate surface area is 182 Å². The molecule has 168 valence electrons. The summed E-state index contributed by atoms with van der Waals surface area (Å²) in [7, 11) is 0. The van der Waals surface area contributed by atoms with E-state index in [2.05, 4.69) is 15.3 Å². The molecular formula is C22H31N5O4. The first-order valence-electron chi connectivity index (χ1n) is 11.0. The monoisotopic (exact) mass is 429 g/mol. The van der Waals surface area contributed by atoms with Crippen molar-refractivity contribution >= 4 is 5.91 Å². The van der Waals surface area contributed by atoms with Crippen LogP contribution in [0.4, 0.5) is 0 Å². The standard InChI is InChI=1S/C22H31N5O4/c1-17(2)30-11-10-29-14-19-20-15-31-22(16-27(20)25-24-19)5-8-26(9-6-22)21(28)12-18-4-3-7-23-13-18/h3-4,7,13,17H,5-6,8-12,14-16H2,1-2H3. The number of ether oxygens (including phenoxy) is 3. The molecule has 9 nitrogen and oxygen atoms in total. The Morgan fingerprint density at radius 3 is 2.87 bits per heavy atom. The van der Waals surface area contributed by atoms with Gasteiger partial charge in [-0.15, -0.1) is 5.10 Å². The first-order valence-corrected chi connectivity index (χ1v) is 11.0. The molecule has 1 fully saturated rings. The van der Waals surface area contributed by atoms with Crippen molar-refractivity contribution in [2.75, 3.05) is 26.3 Å². The van der Waals surface area contributed by atoms with Crippen molar-refractivity contribution in [3.8, 4) is 0 Å². The van der Waals surface area contributed by atoms with Gasteiger partial charge < -0.3 is 19.1 Å². The van der Waals surface area contributed by atoms with E-state index in [1.165, 1.54) is 0 Å². The van der Waals surface area contributed by atoms with Crippen LogP contribution in [0.2, 0.25) is 0 Å². The van der Waals surface area contributed by atoms with Gasteiger partial charge in [-0.2, -0.15) is 0 Å². The quantitative estimate of drug-likeness (QED) is 0.590. The normalized spacial score (nSPS) is 17.8. The highest BCUT2D eigenvalue weighted by atomic mass is 16.5. The van der Waals surface area contributed by atoms with E-state index >= 15 is 0 Å². The molecule has 0 aliphatic carbocycles. The SMILES string of the molecule is CC(C)OCCOCc1nnn2c1COC1(CCN(C(=O)Cc3cccnc3)CC1)C2. The van der Waals surface area contributed by atoms with Gasteiger partial charge in [0, 0.05) is 25.5 Å². The summed E-state index contributed by atoms with van der Waals surface area (Å²) >= 11 is 0. The fraction of sp³-hybridized carbons (Fsp3) is 0.636. The lowest BCUT2D eigenvalue weighted by Crippen LogP contribution is -2.52. The number of aromatic nitrogens is 4. The fourth-order valence-corrected chi connectivity index (χ4v) is 4.07. The van der Waals surface area contributed by atoms with Gasteiger partial charge >= 0.3 is 0 Å². The molecule has 0 saturated carbocycles. The fourth-order valence-electron chi connectivity index (χ4n) is 4.07. The van der Waals surface area contributed by atoms with Crippen LogP contribution in [0, 0.1) is 0 Å². The Balaban J connectivity index is 1.26. The summed E-state index contributed by atoms with van der Waals surface area (Å²) in [5.74, 6) is 0.140. The zero-order chi connectivity index (χ0) is 21.7. The van der Waals surface area contributed by atoms with Crippen LogP contribution in [0.25, 0.3) is 0 Å². The van der Waals surface area contributed by atoms with Crippen molar-refractivity contribution in [2.45, 2.75) is 64.6 Å². The molecule has 2 aliphatic rings. The Morgan fingerprint density at radius 2 is 2.13 bits per heavy atom. The van der Waals surface area contributed by atoms with Gasteiger partial charge in [0.15, 0.2) is 0 Å². The molecular weight excluding hydrogens is 398 g/mol. The number of rotatable bonds is 8. The maximum atomic E-state index is 12.6. The van der Waals surface area contributed by atoms with Crippen LogP contribution in [0.3, 0.4) is 0 Å². The minimum absolute atomic E-state index is 0.140. The number of fused-ring (bicyclic) bond motifs is 1. The van der Waals surface area contributed by atoms with Crippen molar-refractivity contribution in [3.63, 3.8) is 0 Å². The lowest BCUT2D eigenvalue weighted by atomic mass is 9.89. The molecule has 4 heterocycles. The summed E-state index contributed by atoms with van der Waals surface area (Å²) in [6, 6.07) is 3.80. The molecule has 9 heteroatoms. The third-order valence-corrected chi connectivity index (χ3v) is 5.89. The number of carbonyl (C=O) groups excluding carboxylic acids is 1. The first kappa shape index (κ1) is 21.9. The van der Waals surface area contributed by atoms with Gasteiger partial charge in [-0.05, 0) is 38.3 Å². The Bertz CT molecular complexity index is 862. The van der Waals surface area contributed by atoms with Crippen LogP contribution in [0.15, 0.2) is 24.5 Å². The molecule has 0 N–H and O–H groups in total. The second-order valence-electron chi connectivity index (χ2n) is 8.50. The number of hydrogen-bond donors (Lipinski definition) is 0. The lowest BCUT2D eigenvalue weighted by Gasteiger charge is -2.43. The van der Waals surface area contributed by atoms with E-state index in [1.54, 1.807) is 12.4 Å². The zero-order valence-electron chi connectivity index (χ0n) is 18.3. The number of carbonyl (C=O) groups is 1. The second kappa shape index (κ2) is 9.84. The number of nitrogens with zero attached hydrogens (tertiary/aromatic N) is 5. The van der Waals surface area contributed by atoms with Gasteiger partial charge in [0.2, 0.25) is 5.91 Å². The molecule has 0 bridgehead atoms. The van der Waals surface area contributed by atoms with E-state index < -0.39 is 0 Å². The molecule has 0 atom stereocenters. The average Bonchev–Trinajstić information content (AvgIpc) is 3.16. The predicted molar refractivity (Wildman–Crippen MR) is 112 cm³/mol. The summed E-state index contributed by atoms with van der Waals surface area (Å²) in [4.78, 5) is 18.6. The van der Waals surface area contributed by atoms with Crippen molar-refractivity contribution in [3.05, 3.63) is 41.5 Å². The largest absolute Gasteiger partial charge is 0.376 e. The van der Waals surface area contributed by atoms with E-state index in [-0.39, 0.29) is 17.6 Å². The van der Waals surface area contributed by atoms with Crippen molar-refractivity contribution in [2.24, 2.45) is 0 Å². The number of likely N-dealkylation sites (tertiary alicyclic amines) is 1. The molecule has 0 radical (unpaired) electrons. The summed E-state index contributed by atoms with van der Waals surface area (Å²) in [5, 5.41) is 8.63. The van der Waals surface area contributed by atoms with Gasteiger partial charge in [0.1, 0.15) is 5.69 Å². The molecule has 1 spiro atoms. The third-order valence-electron chi connectivity index (χ3n) is 5.89. The maximum absolute atomic E-state index is 12.6. The molecule has 0 unspecified atom stereocenters. The van der Waals surface area contributed by atoms with E-state index in [0.717, 1.165) is 29.8 Å². The summed E-state index contributed by atoms with van der Waals surface area (Å²) in [6.07, 6.45) is 5.65. The zero-order valence-corrected chi connectivity index (χ0v) is 18.3. The minimum Gasteiger partial charge on any atom is -0.376 e. The lowest BCUT2D eigenvalue weighted by molar-refractivity contribution is -0.145. The van der Waals surface area contributed by atoms with Gasteiger partial charge in [-0.3, -0.25) is 9.78 Å². The Morgan fingerprint density at radius 1 is 1.29 bits per heavy atom. The third kappa shape index (κ3) is 5.47. The van der Waals surface area contributed by atoms with Crippen LogP contribution < -0.4 is 0 Å². The Kier molecular flexibility index (Phi) is 6.94. The number of hydrogen-bond acceptors (Lipinski definition) is 7. The van der Waals surface area contributed by atoms with Crippen LogP contribution in [0.5, 0.6) is 0 Å². The molecule has 31 heavy (non-hydrogen) atoms. The van der Waals surface area contributed by atoms with E-state index in [0.29, 0.717) is 52.5 Å². The minimum atomic E-state index is -0.283. The number of amides is 1. The summed E-state index contributed by atoms with van der Waals surface area (Å²) < 4.78 is 19.4. The highest BCUT2D eigenvalue weighted by Gasteiger charge is 2.41. The molecule has 2 aliphatic heterocycles. The molecule has 4 rings (SSSR count). The highest BCUT2D eigenvalue weighted by Crippen LogP contribution is 2.33. The average molecular weight is 430 g/mol.